The lowest BCUT2D eigenvalue weighted by atomic mass is 9.97. The second-order valence-electron chi connectivity index (χ2n) is 4.53. The van der Waals surface area contributed by atoms with Gasteiger partial charge in [-0.25, -0.2) is 0 Å². The summed E-state index contributed by atoms with van der Waals surface area (Å²) in [6, 6.07) is 5.83. The van der Waals surface area contributed by atoms with Crippen LogP contribution >= 0.6 is 0 Å². The molecule has 0 heterocycles. The number of nitro groups is 1. The second kappa shape index (κ2) is 5.56. The number of hydrogen-bond acceptors (Lipinski definition) is 2. The van der Waals surface area contributed by atoms with Gasteiger partial charge >= 0.3 is 12.4 Å². The fourth-order valence-electron chi connectivity index (χ4n) is 2.07. The van der Waals surface area contributed by atoms with Crippen LogP contribution in [-0.4, -0.2) is 4.92 Å². The summed E-state index contributed by atoms with van der Waals surface area (Å²) in [5.41, 5.74) is -4.66. The molecule has 0 amide bonds. The highest BCUT2D eigenvalue weighted by atomic mass is 19.4. The topological polar surface area (TPSA) is 43.1 Å². The third kappa shape index (κ3) is 3.43. The maximum absolute atomic E-state index is 12.9. The first-order chi connectivity index (χ1) is 10.5. The molecule has 0 fully saturated rings. The van der Waals surface area contributed by atoms with Crippen molar-refractivity contribution in [2.24, 2.45) is 0 Å². The van der Waals surface area contributed by atoms with E-state index in [1.165, 1.54) is 6.07 Å². The minimum absolute atomic E-state index is 0.322. The number of nitrogens with zero attached hydrogens (tertiary/aromatic N) is 1. The lowest BCUT2D eigenvalue weighted by molar-refractivity contribution is -0.388. The summed E-state index contributed by atoms with van der Waals surface area (Å²) in [5, 5.41) is 10.8. The van der Waals surface area contributed by atoms with Crippen LogP contribution < -0.4 is 0 Å². The van der Waals surface area contributed by atoms with Crippen molar-refractivity contribution in [2.75, 3.05) is 0 Å². The van der Waals surface area contributed by atoms with Gasteiger partial charge in [0.05, 0.1) is 10.5 Å². The van der Waals surface area contributed by atoms with Crippen LogP contribution in [-0.2, 0) is 12.4 Å². The Bertz CT molecular complexity index is 752. The van der Waals surface area contributed by atoms with Gasteiger partial charge in [-0.2, -0.15) is 26.3 Å². The highest BCUT2D eigenvalue weighted by Gasteiger charge is 2.39. The summed E-state index contributed by atoms with van der Waals surface area (Å²) in [7, 11) is 0. The zero-order valence-electron chi connectivity index (χ0n) is 11.1. The van der Waals surface area contributed by atoms with Crippen LogP contribution in [0, 0.1) is 10.1 Å². The molecule has 0 aliphatic carbocycles. The van der Waals surface area contributed by atoms with Crippen LogP contribution in [0.4, 0.5) is 32.0 Å². The standard InChI is InChI=1S/C14H7F6NO2/c15-13(16,17)10-4-2-1-3-9(10)8-5-6-11(14(18,19)20)12(7-8)21(22)23/h1-7H. The fraction of sp³-hybridized carbons (Fsp3) is 0.143. The van der Waals surface area contributed by atoms with Crippen molar-refractivity contribution in [3.8, 4) is 11.1 Å². The Morgan fingerprint density at radius 1 is 0.826 bits per heavy atom. The SMILES string of the molecule is O=[N+]([O-])c1cc(-c2ccccc2C(F)(F)F)ccc1C(F)(F)F. The van der Waals surface area contributed by atoms with Gasteiger partial charge in [-0.1, -0.05) is 24.3 Å². The molecule has 0 N–H and O–H groups in total. The van der Waals surface area contributed by atoms with Crippen molar-refractivity contribution in [3.05, 3.63) is 63.7 Å². The molecule has 2 aromatic carbocycles. The van der Waals surface area contributed by atoms with Gasteiger partial charge in [0.25, 0.3) is 5.69 Å². The van der Waals surface area contributed by atoms with E-state index in [0.29, 0.717) is 12.1 Å². The van der Waals surface area contributed by atoms with E-state index in [-0.39, 0.29) is 5.56 Å². The molecule has 0 radical (unpaired) electrons. The Hall–Kier alpha value is -2.58. The molecular formula is C14H7F6NO2. The first-order valence-electron chi connectivity index (χ1n) is 6.04. The van der Waals surface area contributed by atoms with E-state index in [0.717, 1.165) is 24.3 Å². The van der Waals surface area contributed by atoms with Gasteiger partial charge in [-0.3, -0.25) is 10.1 Å². The third-order valence-corrected chi connectivity index (χ3v) is 3.04. The maximum Gasteiger partial charge on any atom is 0.422 e. The molecule has 23 heavy (non-hydrogen) atoms. The molecule has 0 aromatic heterocycles. The predicted molar refractivity (Wildman–Crippen MR) is 68.5 cm³/mol. The summed E-state index contributed by atoms with van der Waals surface area (Å²) >= 11 is 0. The van der Waals surface area contributed by atoms with Gasteiger partial charge in [0, 0.05) is 6.07 Å². The maximum atomic E-state index is 12.9. The Balaban J connectivity index is 2.68. The van der Waals surface area contributed by atoms with Gasteiger partial charge in [0.15, 0.2) is 0 Å². The Labute approximate surface area is 125 Å². The predicted octanol–water partition coefficient (Wildman–Crippen LogP) is 5.30. The van der Waals surface area contributed by atoms with Gasteiger partial charge in [0.1, 0.15) is 5.56 Å². The van der Waals surface area contributed by atoms with E-state index < -0.39 is 39.7 Å². The Kier molecular flexibility index (Phi) is 4.06. The van der Waals surface area contributed by atoms with E-state index in [2.05, 4.69) is 0 Å². The highest BCUT2D eigenvalue weighted by molar-refractivity contribution is 5.71. The van der Waals surface area contributed by atoms with Crippen LogP contribution in [0.15, 0.2) is 42.5 Å². The zero-order valence-corrected chi connectivity index (χ0v) is 11.1. The average Bonchev–Trinajstić information content (AvgIpc) is 2.44. The molecule has 0 spiro atoms. The lowest BCUT2D eigenvalue weighted by Gasteiger charge is -2.14. The molecule has 0 atom stereocenters. The number of hydrogen-bond donors (Lipinski definition) is 0. The first kappa shape index (κ1) is 16.8. The molecule has 0 aliphatic rings. The molecule has 0 saturated heterocycles. The molecule has 0 bridgehead atoms. The number of nitro benzene ring substituents is 1. The van der Waals surface area contributed by atoms with E-state index >= 15 is 0 Å². The number of rotatable bonds is 2. The van der Waals surface area contributed by atoms with Gasteiger partial charge in [0.2, 0.25) is 0 Å². The van der Waals surface area contributed by atoms with E-state index in [9.17, 15) is 36.5 Å². The summed E-state index contributed by atoms with van der Waals surface area (Å²) in [6.45, 7) is 0. The normalized spacial score (nSPS) is 12.3. The number of halogens is 6. The molecule has 2 aromatic rings. The van der Waals surface area contributed by atoms with Gasteiger partial charge in [-0.05, 0) is 23.3 Å². The molecule has 0 unspecified atom stereocenters. The number of benzene rings is 2. The summed E-state index contributed by atoms with van der Waals surface area (Å²) in [4.78, 5) is 9.54. The molecule has 9 heteroatoms. The molecule has 122 valence electrons. The minimum Gasteiger partial charge on any atom is -0.258 e. The molecule has 0 saturated carbocycles. The quantitative estimate of drug-likeness (QED) is 0.425. The monoisotopic (exact) mass is 335 g/mol. The van der Waals surface area contributed by atoms with Crippen LogP contribution in [0.2, 0.25) is 0 Å². The Morgan fingerprint density at radius 2 is 1.39 bits per heavy atom. The highest BCUT2D eigenvalue weighted by Crippen LogP contribution is 2.41. The molecular weight excluding hydrogens is 328 g/mol. The molecule has 0 aliphatic heterocycles. The van der Waals surface area contributed by atoms with Gasteiger partial charge < -0.3 is 0 Å². The van der Waals surface area contributed by atoms with Crippen molar-refractivity contribution >= 4 is 5.69 Å². The van der Waals surface area contributed by atoms with Crippen LogP contribution in [0.25, 0.3) is 11.1 Å². The van der Waals surface area contributed by atoms with Gasteiger partial charge in [-0.15, -0.1) is 0 Å². The second-order valence-corrected chi connectivity index (χ2v) is 4.53. The Morgan fingerprint density at radius 3 is 1.91 bits per heavy atom. The van der Waals surface area contributed by atoms with Crippen molar-refractivity contribution in [3.63, 3.8) is 0 Å². The first-order valence-corrected chi connectivity index (χ1v) is 6.04. The number of alkyl halides is 6. The van der Waals surface area contributed by atoms with E-state index in [4.69, 9.17) is 0 Å². The average molecular weight is 335 g/mol. The molecule has 3 nitrogen and oxygen atoms in total. The summed E-state index contributed by atoms with van der Waals surface area (Å²) in [6.07, 6.45) is -9.72. The smallest absolute Gasteiger partial charge is 0.258 e. The minimum atomic E-state index is -4.98. The van der Waals surface area contributed by atoms with Crippen LogP contribution in [0.1, 0.15) is 11.1 Å². The summed E-state index contributed by atoms with van der Waals surface area (Å²) in [5.74, 6) is 0. The largest absolute Gasteiger partial charge is 0.422 e. The van der Waals surface area contributed by atoms with Crippen molar-refractivity contribution in [2.45, 2.75) is 12.4 Å². The lowest BCUT2D eigenvalue weighted by Crippen LogP contribution is -2.10. The van der Waals surface area contributed by atoms with Crippen molar-refractivity contribution in [1.82, 2.24) is 0 Å². The molecule has 2 rings (SSSR count). The summed E-state index contributed by atoms with van der Waals surface area (Å²) < 4.78 is 77.0. The van der Waals surface area contributed by atoms with E-state index in [1.54, 1.807) is 0 Å². The van der Waals surface area contributed by atoms with Crippen LogP contribution in [0.5, 0.6) is 0 Å². The van der Waals surface area contributed by atoms with Crippen molar-refractivity contribution < 1.29 is 31.3 Å². The third-order valence-electron chi connectivity index (χ3n) is 3.04. The van der Waals surface area contributed by atoms with Crippen molar-refractivity contribution in [1.29, 1.82) is 0 Å². The van der Waals surface area contributed by atoms with E-state index in [1.807, 2.05) is 0 Å². The van der Waals surface area contributed by atoms with Crippen LogP contribution in [0.3, 0.4) is 0 Å². The zero-order chi connectivity index (χ0) is 17.4. The fourth-order valence-corrected chi connectivity index (χ4v) is 2.07.